The van der Waals surface area contributed by atoms with Crippen molar-refractivity contribution in [2.45, 2.75) is 6.92 Å². The van der Waals surface area contributed by atoms with Gasteiger partial charge in [0, 0.05) is 27.1 Å². The summed E-state index contributed by atoms with van der Waals surface area (Å²) in [6.45, 7) is 2.09. The third-order valence-electron chi connectivity index (χ3n) is 9.32. The molecule has 0 amide bonds. The summed E-state index contributed by atoms with van der Waals surface area (Å²) in [6.07, 6.45) is 1.52. The zero-order valence-electron chi connectivity index (χ0n) is 27.2. The van der Waals surface area contributed by atoms with E-state index in [9.17, 15) is 0 Å². The molecule has 9 rings (SSSR count). The standard InChI is InChI=1S/C42H29ClN6O/c1-23-8-17-33-32(18-23)35(38(47-33)25-6-4-3-5-7-25)40-37-39(45-22-46-41(37)44)36-31(28-10-9-27-20-30(50-2)16-13-26(27)19-28)21-34(48-42(36)49-40)24-11-14-29(43)15-12-24/h3-22,47H,1-2H3,(H2,44,45,46). The van der Waals surface area contributed by atoms with Crippen molar-refractivity contribution >= 4 is 61.0 Å². The predicted octanol–water partition coefficient (Wildman–Crippen LogP) is 10.4. The number of fused-ring (bicyclic) bond motifs is 5. The largest absolute Gasteiger partial charge is 0.497 e. The second-order valence-corrected chi connectivity index (χ2v) is 12.9. The molecule has 0 aliphatic heterocycles. The summed E-state index contributed by atoms with van der Waals surface area (Å²) in [5, 5.41) is 5.30. The SMILES string of the molecule is COc1ccc2cc(-c3cc(-c4ccc(Cl)cc4)nc4nc(-c5c(-c6ccccc6)[nH]c6ccc(C)cc56)c5c(N)ncnc5c34)ccc2c1. The number of ether oxygens (including phenoxy) is 1. The van der Waals surface area contributed by atoms with Crippen molar-refractivity contribution in [2.75, 3.05) is 12.8 Å². The van der Waals surface area contributed by atoms with Crippen LogP contribution in [0, 0.1) is 6.92 Å². The molecule has 0 aliphatic rings. The summed E-state index contributed by atoms with van der Waals surface area (Å²) >= 11 is 6.31. The Morgan fingerprint density at radius 3 is 2.32 bits per heavy atom. The van der Waals surface area contributed by atoms with Crippen LogP contribution in [0.3, 0.4) is 0 Å². The van der Waals surface area contributed by atoms with Crippen LogP contribution in [-0.2, 0) is 0 Å². The van der Waals surface area contributed by atoms with E-state index in [1.54, 1.807) is 7.11 Å². The second-order valence-electron chi connectivity index (χ2n) is 12.4. The van der Waals surface area contributed by atoms with E-state index in [4.69, 9.17) is 37.0 Å². The van der Waals surface area contributed by atoms with Crippen molar-refractivity contribution in [2.24, 2.45) is 0 Å². The zero-order valence-corrected chi connectivity index (χ0v) is 28.0. The lowest BCUT2D eigenvalue weighted by Crippen LogP contribution is -2.02. The maximum absolute atomic E-state index is 6.80. The Morgan fingerprint density at radius 1 is 0.720 bits per heavy atom. The minimum atomic E-state index is 0.346. The monoisotopic (exact) mass is 668 g/mol. The van der Waals surface area contributed by atoms with Gasteiger partial charge in [-0.3, -0.25) is 0 Å². The first kappa shape index (κ1) is 29.8. The van der Waals surface area contributed by atoms with Gasteiger partial charge in [0.05, 0.1) is 40.5 Å². The number of hydrogen-bond acceptors (Lipinski definition) is 6. The van der Waals surface area contributed by atoms with Gasteiger partial charge in [-0.25, -0.2) is 19.9 Å². The van der Waals surface area contributed by atoms with Gasteiger partial charge in [0.15, 0.2) is 5.65 Å². The fourth-order valence-electron chi connectivity index (χ4n) is 6.90. The fraction of sp³-hybridized carbons (Fsp3) is 0.0476. The van der Waals surface area contributed by atoms with Crippen LogP contribution in [0.25, 0.3) is 88.5 Å². The highest BCUT2D eigenvalue weighted by Gasteiger charge is 2.25. The van der Waals surface area contributed by atoms with Gasteiger partial charge < -0.3 is 15.5 Å². The predicted molar refractivity (Wildman–Crippen MR) is 204 cm³/mol. The number of halogens is 1. The first-order chi connectivity index (χ1) is 24.4. The van der Waals surface area contributed by atoms with Crippen molar-refractivity contribution in [3.63, 3.8) is 0 Å². The number of rotatable bonds is 5. The van der Waals surface area contributed by atoms with Crippen LogP contribution < -0.4 is 10.5 Å². The molecule has 5 aromatic carbocycles. The van der Waals surface area contributed by atoms with Crippen LogP contribution in [0.4, 0.5) is 5.82 Å². The Morgan fingerprint density at radius 2 is 1.50 bits per heavy atom. The number of aromatic amines is 1. The molecule has 8 heteroatoms. The average molecular weight is 669 g/mol. The topological polar surface area (TPSA) is 103 Å². The van der Waals surface area contributed by atoms with Crippen LogP contribution in [0.15, 0.2) is 122 Å². The molecule has 3 N–H and O–H groups in total. The van der Waals surface area contributed by atoms with Gasteiger partial charge in [-0.2, -0.15) is 0 Å². The Labute approximate surface area is 292 Å². The van der Waals surface area contributed by atoms with Crippen LogP contribution in [-0.4, -0.2) is 32.0 Å². The smallest absolute Gasteiger partial charge is 0.163 e. The van der Waals surface area contributed by atoms with E-state index in [1.165, 1.54) is 6.33 Å². The molecule has 0 fully saturated rings. The molecule has 240 valence electrons. The number of aromatic nitrogens is 5. The van der Waals surface area contributed by atoms with E-state index in [0.717, 1.165) is 77.6 Å². The van der Waals surface area contributed by atoms with Crippen molar-refractivity contribution in [3.05, 3.63) is 132 Å². The summed E-state index contributed by atoms with van der Waals surface area (Å²) in [5.41, 5.74) is 17.3. The molecule has 0 bridgehead atoms. The molecule has 4 heterocycles. The van der Waals surface area contributed by atoms with E-state index < -0.39 is 0 Å². The number of methoxy groups -OCH3 is 1. The molecule has 0 atom stereocenters. The number of nitrogens with zero attached hydrogens (tertiary/aromatic N) is 4. The Hall–Kier alpha value is -6.31. The van der Waals surface area contributed by atoms with E-state index in [-0.39, 0.29) is 0 Å². The van der Waals surface area contributed by atoms with E-state index >= 15 is 0 Å². The van der Waals surface area contributed by atoms with Gasteiger partial charge in [0.25, 0.3) is 0 Å². The highest BCUT2D eigenvalue weighted by atomic mass is 35.5. The maximum atomic E-state index is 6.80. The summed E-state index contributed by atoms with van der Waals surface area (Å²) < 4.78 is 5.48. The summed E-state index contributed by atoms with van der Waals surface area (Å²) in [7, 11) is 1.68. The minimum Gasteiger partial charge on any atom is -0.497 e. The highest BCUT2D eigenvalue weighted by molar-refractivity contribution is 6.30. The summed E-state index contributed by atoms with van der Waals surface area (Å²) in [6, 6.07) is 38.9. The highest BCUT2D eigenvalue weighted by Crippen LogP contribution is 2.45. The molecule has 0 aliphatic carbocycles. The quantitative estimate of drug-likeness (QED) is 0.177. The van der Waals surface area contributed by atoms with E-state index in [1.807, 2.05) is 54.6 Å². The van der Waals surface area contributed by atoms with Crippen molar-refractivity contribution < 1.29 is 4.74 Å². The van der Waals surface area contributed by atoms with E-state index in [0.29, 0.717) is 33.1 Å². The lowest BCUT2D eigenvalue weighted by molar-refractivity contribution is 0.415. The summed E-state index contributed by atoms with van der Waals surface area (Å²) in [5.74, 6) is 1.15. The first-order valence-electron chi connectivity index (χ1n) is 16.2. The molecule has 4 aromatic heterocycles. The number of pyridine rings is 2. The zero-order chi connectivity index (χ0) is 33.9. The van der Waals surface area contributed by atoms with Gasteiger partial charge in [-0.05, 0) is 82.9 Å². The Kier molecular flexibility index (Phi) is 6.96. The molecular formula is C42H29ClN6O. The Bertz CT molecular complexity index is 2780. The first-order valence-corrected chi connectivity index (χ1v) is 16.6. The molecular weight excluding hydrogens is 640 g/mol. The maximum Gasteiger partial charge on any atom is 0.163 e. The lowest BCUT2D eigenvalue weighted by atomic mass is 9.94. The molecule has 0 radical (unpaired) electrons. The van der Waals surface area contributed by atoms with Gasteiger partial charge in [0.2, 0.25) is 0 Å². The van der Waals surface area contributed by atoms with Crippen molar-refractivity contribution in [1.29, 1.82) is 0 Å². The van der Waals surface area contributed by atoms with Gasteiger partial charge in [-0.1, -0.05) is 83.9 Å². The normalized spacial score (nSPS) is 11.6. The van der Waals surface area contributed by atoms with Gasteiger partial charge in [-0.15, -0.1) is 0 Å². The van der Waals surface area contributed by atoms with Crippen LogP contribution in [0.2, 0.25) is 5.02 Å². The molecule has 9 aromatic rings. The number of benzene rings is 5. The third kappa shape index (κ3) is 4.90. The molecule has 0 spiro atoms. The number of hydrogen-bond donors (Lipinski definition) is 2. The molecule has 0 unspecified atom stereocenters. The minimum absolute atomic E-state index is 0.346. The van der Waals surface area contributed by atoms with Crippen molar-refractivity contribution in [1.82, 2.24) is 24.9 Å². The fourth-order valence-corrected chi connectivity index (χ4v) is 7.02. The third-order valence-corrected chi connectivity index (χ3v) is 9.57. The molecule has 0 saturated carbocycles. The number of anilines is 1. The number of aryl methyl sites for hydroxylation is 1. The lowest BCUT2D eigenvalue weighted by Gasteiger charge is -2.16. The van der Waals surface area contributed by atoms with E-state index in [2.05, 4.69) is 77.6 Å². The van der Waals surface area contributed by atoms with Gasteiger partial charge in [0.1, 0.15) is 17.9 Å². The molecule has 50 heavy (non-hydrogen) atoms. The van der Waals surface area contributed by atoms with Crippen LogP contribution in [0.5, 0.6) is 5.75 Å². The average Bonchev–Trinajstić information content (AvgIpc) is 3.52. The Balaban J connectivity index is 1.42. The number of H-pyrrole nitrogens is 1. The summed E-state index contributed by atoms with van der Waals surface area (Å²) in [4.78, 5) is 23.7. The number of nitrogens with two attached hydrogens (primary N) is 1. The second kappa shape index (κ2) is 11.7. The number of nitrogen functional groups attached to an aromatic ring is 1. The van der Waals surface area contributed by atoms with Crippen molar-refractivity contribution in [3.8, 4) is 50.6 Å². The van der Waals surface area contributed by atoms with Gasteiger partial charge >= 0.3 is 0 Å². The van der Waals surface area contributed by atoms with Crippen LogP contribution >= 0.6 is 11.6 Å². The van der Waals surface area contributed by atoms with Crippen LogP contribution in [0.1, 0.15) is 5.56 Å². The molecule has 0 saturated heterocycles. The number of nitrogens with one attached hydrogen (secondary N) is 1. The molecule has 7 nitrogen and oxygen atoms in total.